The Bertz CT molecular complexity index is 701. The lowest BCUT2D eigenvalue weighted by Gasteiger charge is -2.19. The molecule has 1 atom stereocenters. The molecular formula is C17H16F2INO. The van der Waals surface area contributed by atoms with Crippen LogP contribution in [0, 0.1) is 9.39 Å². The SMILES string of the molecule is CCC(C)(F)c1cccc(NC(=O)c2cc(I)ccc2F)c1. The molecule has 1 N–H and O–H groups in total. The Morgan fingerprint density at radius 2 is 2.00 bits per heavy atom. The first-order valence-electron chi connectivity index (χ1n) is 6.89. The third-order valence-electron chi connectivity index (χ3n) is 3.56. The first-order valence-corrected chi connectivity index (χ1v) is 7.97. The van der Waals surface area contributed by atoms with E-state index < -0.39 is 17.4 Å². The number of hydrogen-bond donors (Lipinski definition) is 1. The largest absolute Gasteiger partial charge is 0.322 e. The van der Waals surface area contributed by atoms with Crippen molar-refractivity contribution in [3.8, 4) is 0 Å². The van der Waals surface area contributed by atoms with Gasteiger partial charge in [0.05, 0.1) is 5.56 Å². The summed E-state index contributed by atoms with van der Waals surface area (Å²) in [5, 5.41) is 2.61. The van der Waals surface area contributed by atoms with Crippen LogP contribution in [0.4, 0.5) is 14.5 Å². The van der Waals surface area contributed by atoms with Gasteiger partial charge in [-0.3, -0.25) is 4.79 Å². The van der Waals surface area contributed by atoms with Crippen molar-refractivity contribution in [1.29, 1.82) is 0 Å². The zero-order chi connectivity index (χ0) is 16.3. The van der Waals surface area contributed by atoms with Gasteiger partial charge in [-0.2, -0.15) is 0 Å². The fourth-order valence-electron chi connectivity index (χ4n) is 2.00. The monoisotopic (exact) mass is 415 g/mol. The fourth-order valence-corrected chi connectivity index (χ4v) is 2.49. The molecule has 0 fully saturated rings. The minimum atomic E-state index is -1.46. The normalized spacial score (nSPS) is 13.5. The highest BCUT2D eigenvalue weighted by Gasteiger charge is 2.23. The lowest BCUT2D eigenvalue weighted by atomic mass is 9.95. The van der Waals surface area contributed by atoms with E-state index in [1.165, 1.54) is 19.1 Å². The van der Waals surface area contributed by atoms with Gasteiger partial charge in [-0.1, -0.05) is 19.1 Å². The number of anilines is 1. The number of amides is 1. The van der Waals surface area contributed by atoms with Crippen LogP contribution >= 0.6 is 22.6 Å². The summed E-state index contributed by atoms with van der Waals surface area (Å²) in [6.45, 7) is 3.25. The Morgan fingerprint density at radius 1 is 1.27 bits per heavy atom. The standard InChI is InChI=1S/C17H16F2INO/c1-3-17(2,19)11-5-4-6-13(9-11)21-16(22)14-10-12(20)7-8-15(14)18/h4-10H,3H2,1-2H3,(H,21,22). The summed E-state index contributed by atoms with van der Waals surface area (Å²) < 4.78 is 28.8. The van der Waals surface area contributed by atoms with Crippen molar-refractivity contribution in [3.05, 3.63) is 63.0 Å². The van der Waals surface area contributed by atoms with Crippen molar-refractivity contribution in [2.75, 3.05) is 5.32 Å². The number of nitrogens with one attached hydrogen (secondary N) is 1. The van der Waals surface area contributed by atoms with Crippen LogP contribution < -0.4 is 5.32 Å². The van der Waals surface area contributed by atoms with Gasteiger partial charge in [-0.25, -0.2) is 8.78 Å². The molecule has 0 aliphatic carbocycles. The van der Waals surface area contributed by atoms with Gasteiger partial charge in [0.25, 0.3) is 5.91 Å². The van der Waals surface area contributed by atoms with Crippen molar-refractivity contribution >= 4 is 34.2 Å². The Morgan fingerprint density at radius 3 is 2.68 bits per heavy atom. The quantitative estimate of drug-likeness (QED) is 0.677. The molecule has 0 aliphatic rings. The van der Waals surface area contributed by atoms with Gasteiger partial charge < -0.3 is 5.32 Å². The Balaban J connectivity index is 2.26. The van der Waals surface area contributed by atoms with E-state index in [4.69, 9.17) is 0 Å². The van der Waals surface area contributed by atoms with Crippen LogP contribution in [0.25, 0.3) is 0 Å². The van der Waals surface area contributed by atoms with Crippen LogP contribution in [0.3, 0.4) is 0 Å². The maximum atomic E-state index is 14.3. The molecule has 2 aromatic rings. The van der Waals surface area contributed by atoms with Gasteiger partial charge in [-0.05, 0) is 71.8 Å². The van der Waals surface area contributed by atoms with E-state index in [0.29, 0.717) is 17.7 Å². The van der Waals surface area contributed by atoms with Gasteiger partial charge in [0.15, 0.2) is 0 Å². The third-order valence-corrected chi connectivity index (χ3v) is 4.23. The van der Waals surface area contributed by atoms with Crippen molar-refractivity contribution in [1.82, 2.24) is 0 Å². The highest BCUT2D eigenvalue weighted by molar-refractivity contribution is 14.1. The molecule has 0 heterocycles. The number of hydrogen-bond acceptors (Lipinski definition) is 1. The minimum Gasteiger partial charge on any atom is -0.322 e. The molecule has 0 spiro atoms. The Hall–Kier alpha value is -1.50. The average molecular weight is 415 g/mol. The van der Waals surface area contributed by atoms with Crippen molar-refractivity contribution in [2.45, 2.75) is 25.9 Å². The maximum Gasteiger partial charge on any atom is 0.258 e. The van der Waals surface area contributed by atoms with Crippen LogP contribution in [0.1, 0.15) is 36.2 Å². The highest BCUT2D eigenvalue weighted by atomic mass is 127. The molecule has 2 aromatic carbocycles. The molecule has 116 valence electrons. The van der Waals surface area contributed by atoms with Crippen LogP contribution in [0.5, 0.6) is 0 Å². The van der Waals surface area contributed by atoms with E-state index in [2.05, 4.69) is 5.32 Å². The second-order valence-electron chi connectivity index (χ2n) is 5.21. The smallest absolute Gasteiger partial charge is 0.258 e. The summed E-state index contributed by atoms with van der Waals surface area (Å²) in [7, 11) is 0. The first kappa shape index (κ1) is 16.9. The minimum absolute atomic E-state index is 0.0317. The van der Waals surface area contributed by atoms with Gasteiger partial charge in [0, 0.05) is 9.26 Å². The molecule has 2 rings (SSSR count). The van der Waals surface area contributed by atoms with Crippen molar-refractivity contribution in [2.24, 2.45) is 0 Å². The van der Waals surface area contributed by atoms with Gasteiger partial charge in [0.2, 0.25) is 0 Å². The van der Waals surface area contributed by atoms with E-state index >= 15 is 0 Å². The van der Waals surface area contributed by atoms with E-state index in [9.17, 15) is 13.6 Å². The van der Waals surface area contributed by atoms with E-state index in [1.807, 2.05) is 22.6 Å². The number of halogens is 3. The second kappa shape index (κ2) is 6.73. The number of alkyl halides is 1. The molecule has 0 saturated heterocycles. The number of rotatable bonds is 4. The third kappa shape index (κ3) is 3.82. The molecule has 1 amide bonds. The average Bonchev–Trinajstić information content (AvgIpc) is 2.50. The molecule has 0 bridgehead atoms. The molecular weight excluding hydrogens is 399 g/mol. The second-order valence-corrected chi connectivity index (χ2v) is 6.46. The van der Waals surface area contributed by atoms with Crippen molar-refractivity contribution < 1.29 is 13.6 Å². The molecule has 0 aromatic heterocycles. The molecule has 0 saturated carbocycles. The van der Waals surface area contributed by atoms with Crippen LogP contribution in [0.2, 0.25) is 0 Å². The van der Waals surface area contributed by atoms with E-state index in [-0.39, 0.29) is 5.56 Å². The van der Waals surface area contributed by atoms with E-state index in [0.717, 1.165) is 3.57 Å². The summed E-state index contributed by atoms with van der Waals surface area (Å²) >= 11 is 2.01. The fraction of sp³-hybridized carbons (Fsp3) is 0.235. The number of carbonyl (C=O) groups is 1. The first-order chi connectivity index (χ1) is 10.3. The number of benzene rings is 2. The van der Waals surface area contributed by atoms with Gasteiger partial charge in [-0.15, -0.1) is 0 Å². The van der Waals surface area contributed by atoms with Gasteiger partial charge in [0.1, 0.15) is 11.5 Å². The molecule has 5 heteroatoms. The number of carbonyl (C=O) groups excluding carboxylic acids is 1. The molecule has 22 heavy (non-hydrogen) atoms. The summed E-state index contributed by atoms with van der Waals surface area (Å²) in [5.41, 5.74) is -0.571. The predicted molar refractivity (Wildman–Crippen MR) is 92.3 cm³/mol. The summed E-state index contributed by atoms with van der Waals surface area (Å²) in [6.07, 6.45) is 0.329. The Labute approximate surface area is 142 Å². The maximum absolute atomic E-state index is 14.3. The summed E-state index contributed by atoms with van der Waals surface area (Å²) in [6, 6.07) is 10.9. The van der Waals surface area contributed by atoms with Crippen LogP contribution in [0.15, 0.2) is 42.5 Å². The summed E-state index contributed by atoms with van der Waals surface area (Å²) in [5.74, 6) is -1.14. The zero-order valence-corrected chi connectivity index (χ0v) is 14.4. The van der Waals surface area contributed by atoms with E-state index in [1.54, 1.807) is 37.3 Å². The summed E-state index contributed by atoms with van der Waals surface area (Å²) in [4.78, 5) is 12.2. The molecule has 2 nitrogen and oxygen atoms in total. The van der Waals surface area contributed by atoms with Crippen LogP contribution in [-0.2, 0) is 5.67 Å². The molecule has 1 unspecified atom stereocenters. The zero-order valence-electron chi connectivity index (χ0n) is 12.3. The Kier molecular flexibility index (Phi) is 5.16. The topological polar surface area (TPSA) is 29.1 Å². The predicted octanol–water partition coefficient (Wildman–Crippen LogP) is 5.28. The lowest BCUT2D eigenvalue weighted by molar-refractivity contribution is 0.102. The van der Waals surface area contributed by atoms with Crippen LogP contribution in [-0.4, -0.2) is 5.91 Å². The molecule has 0 aliphatic heterocycles. The van der Waals surface area contributed by atoms with Crippen molar-refractivity contribution in [3.63, 3.8) is 0 Å². The molecule has 0 radical (unpaired) electrons. The lowest BCUT2D eigenvalue weighted by Crippen LogP contribution is -2.16. The van der Waals surface area contributed by atoms with Gasteiger partial charge >= 0.3 is 0 Å². The highest BCUT2D eigenvalue weighted by Crippen LogP contribution is 2.30.